The van der Waals surface area contributed by atoms with Crippen LogP contribution in [0.3, 0.4) is 0 Å². The normalized spacial score (nSPS) is 26.4. The van der Waals surface area contributed by atoms with E-state index in [2.05, 4.69) is 0 Å². The smallest absolute Gasteiger partial charge is 0.165 e. The first kappa shape index (κ1) is 30.2. The molecule has 0 spiro atoms. The van der Waals surface area contributed by atoms with Crippen molar-refractivity contribution in [3.63, 3.8) is 0 Å². The number of rotatable bonds is 7. The van der Waals surface area contributed by atoms with Crippen LogP contribution >= 0.6 is 0 Å². The summed E-state index contributed by atoms with van der Waals surface area (Å²) < 4.78 is 94.8. The lowest BCUT2D eigenvalue weighted by Crippen LogP contribution is -2.18. The zero-order chi connectivity index (χ0) is 30.4. The molecule has 0 aromatic heterocycles. The topological polar surface area (TPSA) is 32.8 Å². The third-order valence-corrected chi connectivity index (χ3v) is 10.1. The van der Waals surface area contributed by atoms with Crippen LogP contribution < -0.4 is 0 Å². The second kappa shape index (κ2) is 12.3. The van der Waals surface area contributed by atoms with E-state index in [1.807, 2.05) is 0 Å². The Balaban J connectivity index is 1.10. The minimum Gasteiger partial charge on any atom is -0.388 e. The van der Waals surface area contributed by atoms with Crippen LogP contribution in [0.5, 0.6) is 0 Å². The van der Waals surface area contributed by atoms with E-state index in [4.69, 9.17) is 4.74 Å². The quantitative estimate of drug-likeness (QED) is 0.216. The van der Waals surface area contributed by atoms with Gasteiger partial charge in [0.05, 0.1) is 12.7 Å². The lowest BCUT2D eigenvalue weighted by Gasteiger charge is -2.31. The van der Waals surface area contributed by atoms with E-state index in [1.165, 1.54) is 12.1 Å². The van der Waals surface area contributed by atoms with E-state index in [0.717, 1.165) is 0 Å². The summed E-state index contributed by atoms with van der Waals surface area (Å²) in [6, 6.07) is 9.49. The Morgan fingerprint density at radius 3 is 1.21 bits per heavy atom. The lowest BCUT2D eigenvalue weighted by molar-refractivity contribution is 0.167. The van der Waals surface area contributed by atoms with E-state index in [-0.39, 0.29) is 52.9 Å². The number of hydrogen-bond donors (Lipinski definition) is 1. The van der Waals surface area contributed by atoms with Crippen molar-refractivity contribution in [1.82, 2.24) is 0 Å². The van der Waals surface area contributed by atoms with Crippen LogP contribution in [0.15, 0.2) is 36.4 Å². The zero-order valence-corrected chi connectivity index (χ0v) is 24.1. The van der Waals surface area contributed by atoms with E-state index < -0.39 is 41.0 Å². The first-order valence-electron chi connectivity index (χ1n) is 15.4. The van der Waals surface area contributed by atoms with Crippen molar-refractivity contribution >= 4 is 0 Å². The summed E-state index contributed by atoms with van der Waals surface area (Å²) >= 11 is 0. The number of aliphatic hydroxyl groups is 1. The number of hydrogen-bond acceptors (Lipinski definition) is 2. The molecule has 8 heteroatoms. The highest BCUT2D eigenvalue weighted by molar-refractivity contribution is 5.35. The van der Waals surface area contributed by atoms with E-state index in [1.54, 1.807) is 31.2 Å². The zero-order valence-electron chi connectivity index (χ0n) is 24.1. The Bertz CT molecular complexity index is 1490. The van der Waals surface area contributed by atoms with Gasteiger partial charge in [-0.25, -0.2) is 26.3 Å². The van der Waals surface area contributed by atoms with Gasteiger partial charge in [0, 0.05) is 11.1 Å². The first-order valence-corrected chi connectivity index (χ1v) is 15.4. The molecule has 2 unspecified atom stereocenters. The van der Waals surface area contributed by atoms with Crippen LogP contribution in [0, 0.1) is 34.9 Å². The minimum absolute atomic E-state index is 0.0531. The molecule has 3 aromatic rings. The van der Waals surface area contributed by atoms with Crippen molar-refractivity contribution in [2.45, 2.75) is 101 Å². The Kier molecular flexibility index (Phi) is 8.62. The third-order valence-electron chi connectivity index (χ3n) is 10.1. The maximum atomic E-state index is 15.4. The van der Waals surface area contributed by atoms with Gasteiger partial charge in [-0.1, -0.05) is 43.3 Å². The van der Waals surface area contributed by atoms with Crippen molar-refractivity contribution in [2.75, 3.05) is 6.61 Å². The van der Waals surface area contributed by atoms with Crippen molar-refractivity contribution in [1.29, 1.82) is 0 Å². The predicted molar refractivity (Wildman–Crippen MR) is 151 cm³/mol. The van der Waals surface area contributed by atoms with Gasteiger partial charge in [0.1, 0.15) is 6.10 Å². The van der Waals surface area contributed by atoms with Crippen molar-refractivity contribution < 1.29 is 36.2 Å². The molecule has 1 N–H and O–H groups in total. The van der Waals surface area contributed by atoms with Gasteiger partial charge in [-0.3, -0.25) is 0 Å². The van der Waals surface area contributed by atoms with E-state index in [0.29, 0.717) is 74.7 Å². The summed E-state index contributed by atoms with van der Waals surface area (Å²) in [5.74, 6) is -6.24. The maximum absolute atomic E-state index is 15.4. The Morgan fingerprint density at radius 1 is 0.558 bits per heavy atom. The second-order valence-electron chi connectivity index (χ2n) is 12.5. The van der Waals surface area contributed by atoms with Gasteiger partial charge in [0.15, 0.2) is 34.9 Å². The number of benzene rings is 3. The monoisotopic (exact) mass is 602 g/mol. The van der Waals surface area contributed by atoms with Gasteiger partial charge < -0.3 is 9.84 Å². The highest BCUT2D eigenvalue weighted by Crippen LogP contribution is 2.46. The molecule has 2 saturated carbocycles. The molecule has 2 nitrogen and oxygen atoms in total. The molecule has 1 heterocycles. The fourth-order valence-corrected chi connectivity index (χ4v) is 7.38. The Labute approximate surface area is 248 Å². The largest absolute Gasteiger partial charge is 0.388 e. The van der Waals surface area contributed by atoms with Gasteiger partial charge in [-0.15, -0.1) is 0 Å². The molecule has 6 rings (SSSR count). The molecule has 230 valence electrons. The molecular formula is C35H36F6O2. The average molecular weight is 603 g/mol. The summed E-state index contributed by atoms with van der Waals surface area (Å²) in [6.45, 7) is 2.08. The van der Waals surface area contributed by atoms with E-state index >= 15 is 8.78 Å². The Hall–Kier alpha value is -2.84. The average Bonchev–Trinajstić information content (AvgIpc) is 3.87. The molecule has 2 aliphatic carbocycles. The molecule has 1 aliphatic heterocycles. The van der Waals surface area contributed by atoms with Gasteiger partial charge in [-0.2, -0.15) is 0 Å². The first-order chi connectivity index (χ1) is 20.7. The van der Waals surface area contributed by atoms with Gasteiger partial charge >= 0.3 is 0 Å². The van der Waals surface area contributed by atoms with Crippen LogP contribution in [0.4, 0.5) is 26.3 Å². The van der Waals surface area contributed by atoms with Crippen molar-refractivity contribution in [3.8, 4) is 0 Å². The summed E-state index contributed by atoms with van der Waals surface area (Å²) in [5.41, 5.74) is 1.39. The van der Waals surface area contributed by atoms with Crippen LogP contribution in [0.25, 0.3) is 0 Å². The summed E-state index contributed by atoms with van der Waals surface area (Å²) in [6.07, 6.45) is 3.04. The summed E-state index contributed by atoms with van der Waals surface area (Å²) in [7, 11) is 0. The van der Waals surface area contributed by atoms with Gasteiger partial charge in [0.25, 0.3) is 0 Å². The highest BCUT2D eigenvalue weighted by atomic mass is 19.2. The standard InChI is InChI=1S/C35H36F6O2/c1-2-28(42)26-15-13-24(32(38)34(26)40)20-7-3-18(4-8-20)22-11-12-23(31(37)30(22)36)19-5-9-21(10-6-19)25-14-16-27(29-17-43-29)35(41)33(25)39/h11-16,18-21,28-29,42H,2-10,17H2,1H3. The molecule has 3 fully saturated rings. The predicted octanol–water partition coefficient (Wildman–Crippen LogP) is 9.92. The third kappa shape index (κ3) is 5.73. The number of epoxide rings is 1. The lowest BCUT2D eigenvalue weighted by atomic mass is 9.74. The van der Waals surface area contributed by atoms with Crippen LogP contribution in [0.1, 0.15) is 134 Å². The molecule has 0 amide bonds. The molecule has 0 bridgehead atoms. The molecule has 0 radical (unpaired) electrons. The SMILES string of the molecule is CCC(O)c1ccc(C2CCC(c3ccc(C4CCC(c5ccc(C6CO6)c(F)c5F)CC4)c(F)c3F)CC2)c(F)c1F. The van der Waals surface area contributed by atoms with Gasteiger partial charge in [-0.05, 0) is 104 Å². The van der Waals surface area contributed by atoms with Crippen molar-refractivity contribution in [2.24, 2.45) is 0 Å². The Morgan fingerprint density at radius 2 is 0.860 bits per heavy atom. The molecule has 3 aliphatic rings. The van der Waals surface area contributed by atoms with E-state index in [9.17, 15) is 22.7 Å². The second-order valence-corrected chi connectivity index (χ2v) is 12.5. The van der Waals surface area contributed by atoms with Crippen LogP contribution in [-0.2, 0) is 4.74 Å². The summed E-state index contributed by atoms with van der Waals surface area (Å²) in [5, 5.41) is 9.95. The number of ether oxygens (including phenoxy) is 1. The minimum atomic E-state index is -1.07. The molecule has 3 aromatic carbocycles. The molecule has 43 heavy (non-hydrogen) atoms. The maximum Gasteiger partial charge on any atom is 0.165 e. The fraction of sp³-hybridized carbons (Fsp3) is 0.486. The highest BCUT2D eigenvalue weighted by Gasteiger charge is 2.34. The molecule has 1 saturated heterocycles. The van der Waals surface area contributed by atoms with Gasteiger partial charge in [0.2, 0.25) is 0 Å². The number of aliphatic hydroxyl groups excluding tert-OH is 1. The number of halogens is 6. The summed E-state index contributed by atoms with van der Waals surface area (Å²) in [4.78, 5) is 0. The fourth-order valence-electron chi connectivity index (χ4n) is 7.38. The van der Waals surface area contributed by atoms with Crippen LogP contribution in [-0.4, -0.2) is 11.7 Å². The van der Waals surface area contributed by atoms with Crippen molar-refractivity contribution in [3.05, 3.63) is 105 Å². The molecular weight excluding hydrogens is 566 g/mol. The molecule has 2 atom stereocenters. The van der Waals surface area contributed by atoms with Crippen LogP contribution in [0.2, 0.25) is 0 Å².